The molecule has 0 saturated carbocycles. The molecule has 1 aromatic heterocycles. The molecule has 7 nitrogen and oxygen atoms in total. The van der Waals surface area contributed by atoms with Crippen molar-refractivity contribution in [2.75, 3.05) is 5.32 Å². The molecule has 7 heteroatoms. The van der Waals surface area contributed by atoms with E-state index < -0.39 is 16.5 Å². The Hall–Kier alpha value is -3.48. The fourth-order valence-corrected chi connectivity index (χ4v) is 2.11. The first kappa shape index (κ1) is 14.5. The minimum absolute atomic E-state index is 0.0831. The van der Waals surface area contributed by atoms with E-state index in [0.29, 0.717) is 16.5 Å². The van der Waals surface area contributed by atoms with Crippen LogP contribution in [0.4, 0.5) is 11.4 Å². The highest BCUT2D eigenvalue weighted by Crippen LogP contribution is 2.17. The molecule has 0 aliphatic heterocycles. The van der Waals surface area contributed by atoms with Crippen molar-refractivity contribution in [3.63, 3.8) is 0 Å². The number of carbonyl (C=O) groups is 1. The van der Waals surface area contributed by atoms with E-state index in [9.17, 15) is 19.7 Å². The largest absolute Gasteiger partial charge is 0.417 e. The first-order chi connectivity index (χ1) is 11.0. The molecule has 0 saturated heterocycles. The van der Waals surface area contributed by atoms with Gasteiger partial charge in [0.15, 0.2) is 5.76 Å². The summed E-state index contributed by atoms with van der Waals surface area (Å²) < 4.78 is 5.01. The number of nitro groups is 1. The summed E-state index contributed by atoms with van der Waals surface area (Å²) in [5.41, 5.74) is -0.325. The summed E-state index contributed by atoms with van der Waals surface area (Å²) in [6.45, 7) is 0. The third kappa shape index (κ3) is 2.93. The minimum Gasteiger partial charge on any atom is -0.417 e. The fraction of sp³-hybridized carbons (Fsp3) is 0. The molecule has 0 fully saturated rings. The summed E-state index contributed by atoms with van der Waals surface area (Å²) in [6, 6.07) is 13.6. The van der Waals surface area contributed by atoms with Gasteiger partial charge in [0.05, 0.1) is 10.3 Å². The smallest absolute Gasteiger partial charge is 0.344 e. The highest BCUT2D eigenvalue weighted by Gasteiger charge is 2.13. The molecular weight excluding hydrogens is 300 g/mol. The Balaban J connectivity index is 1.88. The van der Waals surface area contributed by atoms with Gasteiger partial charge in [0, 0.05) is 17.8 Å². The summed E-state index contributed by atoms with van der Waals surface area (Å²) >= 11 is 0. The molecule has 0 spiro atoms. The van der Waals surface area contributed by atoms with Crippen LogP contribution in [0.3, 0.4) is 0 Å². The maximum atomic E-state index is 12.2. The Morgan fingerprint density at radius 2 is 1.78 bits per heavy atom. The number of non-ortho nitro benzene ring substituents is 1. The highest BCUT2D eigenvalue weighted by molar-refractivity contribution is 6.03. The monoisotopic (exact) mass is 310 g/mol. The van der Waals surface area contributed by atoms with E-state index in [1.54, 1.807) is 24.3 Å². The van der Waals surface area contributed by atoms with Crippen LogP contribution in [0.1, 0.15) is 10.6 Å². The second kappa shape index (κ2) is 5.72. The number of rotatable bonds is 3. The number of amides is 1. The molecule has 114 valence electrons. The van der Waals surface area contributed by atoms with E-state index in [1.165, 1.54) is 30.3 Å². The average molecular weight is 310 g/mol. The molecule has 3 rings (SSSR count). The van der Waals surface area contributed by atoms with E-state index in [2.05, 4.69) is 5.32 Å². The van der Waals surface area contributed by atoms with E-state index in [1.807, 2.05) is 0 Å². The van der Waals surface area contributed by atoms with Crippen LogP contribution < -0.4 is 10.9 Å². The maximum absolute atomic E-state index is 12.2. The topological polar surface area (TPSA) is 102 Å². The van der Waals surface area contributed by atoms with Crippen LogP contribution in [-0.4, -0.2) is 10.8 Å². The number of nitro benzene ring substituents is 1. The van der Waals surface area contributed by atoms with Gasteiger partial charge >= 0.3 is 5.63 Å². The van der Waals surface area contributed by atoms with Gasteiger partial charge in [0.25, 0.3) is 11.6 Å². The molecule has 0 bridgehead atoms. The van der Waals surface area contributed by atoms with Crippen molar-refractivity contribution < 1.29 is 14.1 Å². The van der Waals surface area contributed by atoms with E-state index in [0.717, 1.165) is 0 Å². The molecule has 0 unspecified atom stereocenters. The average Bonchev–Trinajstić information content (AvgIpc) is 2.55. The number of anilines is 1. The molecule has 0 aliphatic carbocycles. The zero-order chi connectivity index (χ0) is 16.4. The highest BCUT2D eigenvalue weighted by atomic mass is 16.6. The first-order valence-corrected chi connectivity index (χ1v) is 6.63. The zero-order valence-corrected chi connectivity index (χ0v) is 11.7. The van der Waals surface area contributed by atoms with Crippen LogP contribution in [0.2, 0.25) is 0 Å². The third-order valence-electron chi connectivity index (χ3n) is 3.23. The summed E-state index contributed by atoms with van der Waals surface area (Å²) in [4.78, 5) is 34.1. The van der Waals surface area contributed by atoms with Gasteiger partial charge in [-0.05, 0) is 29.7 Å². The molecule has 1 amide bonds. The molecule has 1 heterocycles. The van der Waals surface area contributed by atoms with Crippen LogP contribution in [0.15, 0.2) is 63.8 Å². The molecule has 3 aromatic rings. The molecule has 23 heavy (non-hydrogen) atoms. The van der Waals surface area contributed by atoms with E-state index in [4.69, 9.17) is 4.42 Å². The van der Waals surface area contributed by atoms with Gasteiger partial charge in [0.1, 0.15) is 0 Å². The first-order valence-electron chi connectivity index (χ1n) is 6.63. The third-order valence-corrected chi connectivity index (χ3v) is 3.23. The predicted molar refractivity (Wildman–Crippen MR) is 83.5 cm³/mol. The number of benzene rings is 2. The van der Waals surface area contributed by atoms with Gasteiger partial charge in [-0.25, -0.2) is 4.79 Å². The van der Waals surface area contributed by atoms with Crippen molar-refractivity contribution in [2.24, 2.45) is 0 Å². The van der Waals surface area contributed by atoms with Gasteiger partial charge in [-0.15, -0.1) is 0 Å². The van der Waals surface area contributed by atoms with Crippen molar-refractivity contribution in [1.29, 1.82) is 0 Å². The van der Waals surface area contributed by atoms with Gasteiger partial charge < -0.3 is 9.73 Å². The lowest BCUT2D eigenvalue weighted by Crippen LogP contribution is -2.14. The SMILES string of the molecule is O=C(Nc1ccc([N+](=O)[O-])cc1)c1cc2ccccc2c(=O)o1. The maximum Gasteiger partial charge on any atom is 0.344 e. The second-order valence-electron chi connectivity index (χ2n) is 4.74. The Morgan fingerprint density at radius 1 is 1.09 bits per heavy atom. The molecule has 2 aromatic carbocycles. The standard InChI is InChI=1S/C16H10N2O5/c19-15(17-11-5-7-12(8-6-11)18(21)22)14-9-10-3-1-2-4-13(10)16(20)23-14/h1-9H,(H,17,19). The number of nitrogens with zero attached hydrogens (tertiary/aromatic N) is 1. The van der Waals surface area contributed by atoms with Crippen LogP contribution in [-0.2, 0) is 0 Å². The second-order valence-corrected chi connectivity index (χ2v) is 4.74. The summed E-state index contributed by atoms with van der Waals surface area (Å²) in [6.07, 6.45) is 0. The summed E-state index contributed by atoms with van der Waals surface area (Å²) in [5, 5.41) is 14.1. The van der Waals surface area contributed by atoms with Crippen molar-refractivity contribution in [1.82, 2.24) is 0 Å². The van der Waals surface area contributed by atoms with Crippen molar-refractivity contribution >= 4 is 28.1 Å². The zero-order valence-electron chi connectivity index (χ0n) is 11.7. The number of fused-ring (bicyclic) bond motifs is 1. The van der Waals surface area contributed by atoms with Crippen molar-refractivity contribution in [2.45, 2.75) is 0 Å². The number of hydrogen-bond acceptors (Lipinski definition) is 5. The molecule has 0 atom stereocenters. The van der Waals surface area contributed by atoms with Crippen LogP contribution in [0, 0.1) is 10.1 Å². The number of carbonyl (C=O) groups excluding carboxylic acids is 1. The van der Waals surface area contributed by atoms with Crippen molar-refractivity contribution in [3.05, 3.63) is 80.9 Å². The lowest BCUT2D eigenvalue weighted by atomic mass is 10.1. The molecule has 0 aliphatic rings. The van der Waals surface area contributed by atoms with Crippen LogP contribution >= 0.6 is 0 Å². The predicted octanol–water partition coefficient (Wildman–Crippen LogP) is 2.95. The fourth-order valence-electron chi connectivity index (χ4n) is 2.11. The van der Waals surface area contributed by atoms with Crippen LogP contribution in [0.25, 0.3) is 10.8 Å². The Morgan fingerprint density at radius 3 is 2.48 bits per heavy atom. The van der Waals surface area contributed by atoms with Crippen molar-refractivity contribution in [3.8, 4) is 0 Å². The minimum atomic E-state index is -0.610. The van der Waals surface area contributed by atoms with Gasteiger partial charge in [-0.1, -0.05) is 18.2 Å². The normalized spacial score (nSPS) is 10.4. The quantitative estimate of drug-likeness (QED) is 0.592. The van der Waals surface area contributed by atoms with Gasteiger partial charge in [-0.3, -0.25) is 14.9 Å². The lowest BCUT2D eigenvalue weighted by molar-refractivity contribution is -0.384. The summed E-state index contributed by atoms with van der Waals surface area (Å²) in [7, 11) is 0. The van der Waals surface area contributed by atoms with E-state index >= 15 is 0 Å². The Bertz CT molecular complexity index is 960. The number of nitrogens with one attached hydrogen (secondary N) is 1. The Kier molecular flexibility index (Phi) is 3.60. The van der Waals surface area contributed by atoms with E-state index in [-0.39, 0.29) is 11.4 Å². The van der Waals surface area contributed by atoms with Gasteiger partial charge in [-0.2, -0.15) is 0 Å². The molecule has 0 radical (unpaired) electrons. The molecular formula is C16H10N2O5. The molecule has 1 N–H and O–H groups in total. The Labute approximate surface area is 129 Å². The van der Waals surface area contributed by atoms with Crippen LogP contribution in [0.5, 0.6) is 0 Å². The summed E-state index contributed by atoms with van der Waals surface area (Å²) in [5.74, 6) is -0.742. The lowest BCUT2D eigenvalue weighted by Gasteiger charge is -2.05. The van der Waals surface area contributed by atoms with Gasteiger partial charge in [0.2, 0.25) is 0 Å². The number of hydrogen-bond donors (Lipinski definition) is 1.